The van der Waals surface area contributed by atoms with E-state index in [4.69, 9.17) is 11.6 Å². The van der Waals surface area contributed by atoms with Crippen LogP contribution in [0, 0.1) is 5.82 Å². The van der Waals surface area contributed by atoms with Crippen LogP contribution in [0.25, 0.3) is 11.3 Å². The molecule has 1 N–H and O–H groups in total. The molecular weight excluding hydrogens is 357 g/mol. The minimum Gasteiger partial charge on any atom is -0.350 e. The van der Waals surface area contributed by atoms with E-state index in [9.17, 15) is 14.0 Å². The summed E-state index contributed by atoms with van der Waals surface area (Å²) in [6.45, 7) is 0.546. The zero-order valence-corrected chi connectivity index (χ0v) is 14.4. The lowest BCUT2D eigenvalue weighted by atomic mass is 10.1. The second-order valence-electron chi connectivity index (χ2n) is 5.58. The van der Waals surface area contributed by atoms with Crippen molar-refractivity contribution in [2.24, 2.45) is 0 Å². The number of hydrogen-bond acceptors (Lipinski definition) is 3. The highest BCUT2D eigenvalue weighted by Gasteiger charge is 2.07. The molecule has 0 fully saturated rings. The van der Waals surface area contributed by atoms with Crippen molar-refractivity contribution in [2.45, 2.75) is 6.54 Å². The summed E-state index contributed by atoms with van der Waals surface area (Å²) >= 11 is 5.86. The van der Waals surface area contributed by atoms with E-state index in [1.54, 1.807) is 36.4 Å². The summed E-state index contributed by atoms with van der Waals surface area (Å²) in [6, 6.07) is 13.7. The maximum Gasteiger partial charge on any atom is 0.253 e. The molecule has 0 saturated carbocycles. The summed E-state index contributed by atoms with van der Waals surface area (Å²) in [4.78, 5) is 28.4. The van der Waals surface area contributed by atoms with Crippen LogP contribution in [-0.2, 0) is 6.54 Å². The molecule has 1 aromatic heterocycles. The Bertz CT molecular complexity index is 987. The lowest BCUT2D eigenvalue weighted by Gasteiger charge is -2.08. The smallest absolute Gasteiger partial charge is 0.253 e. The van der Waals surface area contributed by atoms with Crippen LogP contribution in [0.3, 0.4) is 0 Å². The Morgan fingerprint density at radius 3 is 2.62 bits per heavy atom. The van der Waals surface area contributed by atoms with Crippen molar-refractivity contribution >= 4 is 17.5 Å². The average Bonchev–Trinajstić information content (AvgIpc) is 2.63. The largest absolute Gasteiger partial charge is 0.350 e. The lowest BCUT2D eigenvalue weighted by molar-refractivity contribution is 0.0952. The second-order valence-corrected chi connectivity index (χ2v) is 6.02. The van der Waals surface area contributed by atoms with Gasteiger partial charge in [-0.05, 0) is 42.5 Å². The minimum atomic E-state index is -0.350. The molecule has 5 nitrogen and oxygen atoms in total. The molecule has 0 aliphatic rings. The molecule has 0 atom stereocenters. The van der Waals surface area contributed by atoms with E-state index in [1.807, 2.05) is 0 Å². The standard InChI is InChI=1S/C19H15ClFN3O2/c20-15-3-1-2-14(10-15)19(26)22-8-9-24-12-23-17(11-18(24)25)13-4-6-16(21)7-5-13/h1-7,10-12H,8-9H2,(H,22,26). The Morgan fingerprint density at radius 1 is 1.15 bits per heavy atom. The number of nitrogens with zero attached hydrogens (tertiary/aromatic N) is 2. The van der Waals surface area contributed by atoms with Gasteiger partial charge in [0.15, 0.2) is 0 Å². The fraction of sp³-hybridized carbons (Fsp3) is 0.105. The van der Waals surface area contributed by atoms with Crippen LogP contribution >= 0.6 is 11.6 Å². The Balaban J connectivity index is 1.63. The molecule has 0 saturated heterocycles. The zero-order valence-electron chi connectivity index (χ0n) is 13.7. The summed E-state index contributed by atoms with van der Waals surface area (Å²) < 4.78 is 14.4. The number of carbonyl (C=O) groups excluding carboxylic acids is 1. The summed E-state index contributed by atoms with van der Waals surface area (Å²) in [6.07, 6.45) is 1.41. The van der Waals surface area contributed by atoms with E-state index in [-0.39, 0.29) is 30.4 Å². The van der Waals surface area contributed by atoms with Gasteiger partial charge in [0.1, 0.15) is 5.82 Å². The highest BCUT2D eigenvalue weighted by Crippen LogP contribution is 2.15. The van der Waals surface area contributed by atoms with Crippen molar-refractivity contribution in [3.05, 3.63) is 87.7 Å². The molecule has 1 heterocycles. The number of amides is 1. The zero-order chi connectivity index (χ0) is 18.5. The van der Waals surface area contributed by atoms with Crippen LogP contribution in [0.2, 0.25) is 5.02 Å². The van der Waals surface area contributed by atoms with E-state index < -0.39 is 0 Å². The maximum absolute atomic E-state index is 13.0. The maximum atomic E-state index is 13.0. The number of benzene rings is 2. The first-order valence-corrected chi connectivity index (χ1v) is 8.27. The fourth-order valence-corrected chi connectivity index (χ4v) is 2.58. The monoisotopic (exact) mass is 371 g/mol. The van der Waals surface area contributed by atoms with Gasteiger partial charge in [-0.25, -0.2) is 9.37 Å². The molecule has 0 unspecified atom stereocenters. The Kier molecular flexibility index (Phi) is 5.43. The third kappa shape index (κ3) is 4.34. The first kappa shape index (κ1) is 17.8. The molecule has 0 aliphatic heterocycles. The predicted octanol–water partition coefficient (Wildman–Crippen LogP) is 3.13. The quantitative estimate of drug-likeness (QED) is 0.749. The van der Waals surface area contributed by atoms with Crippen molar-refractivity contribution in [1.82, 2.24) is 14.9 Å². The highest BCUT2D eigenvalue weighted by atomic mass is 35.5. The minimum absolute atomic E-state index is 0.253. The molecule has 0 radical (unpaired) electrons. The number of rotatable bonds is 5. The van der Waals surface area contributed by atoms with Crippen LogP contribution in [0.4, 0.5) is 4.39 Å². The van der Waals surface area contributed by atoms with Gasteiger partial charge < -0.3 is 5.32 Å². The van der Waals surface area contributed by atoms with Gasteiger partial charge in [0, 0.05) is 35.3 Å². The number of nitrogens with one attached hydrogen (secondary N) is 1. The molecule has 0 bridgehead atoms. The van der Waals surface area contributed by atoms with E-state index >= 15 is 0 Å². The fourth-order valence-electron chi connectivity index (χ4n) is 2.39. The van der Waals surface area contributed by atoms with Gasteiger partial charge in [-0.15, -0.1) is 0 Å². The van der Waals surface area contributed by atoms with Crippen LogP contribution in [0.15, 0.2) is 65.7 Å². The summed E-state index contributed by atoms with van der Waals surface area (Å²) in [7, 11) is 0. The van der Waals surface area contributed by atoms with Gasteiger partial charge in [0.05, 0.1) is 12.0 Å². The van der Waals surface area contributed by atoms with Crippen molar-refractivity contribution in [3.8, 4) is 11.3 Å². The van der Waals surface area contributed by atoms with Gasteiger partial charge in [-0.2, -0.15) is 0 Å². The number of carbonyl (C=O) groups is 1. The van der Waals surface area contributed by atoms with Crippen LogP contribution in [-0.4, -0.2) is 22.0 Å². The molecule has 3 rings (SSSR count). The number of hydrogen-bond donors (Lipinski definition) is 1. The molecule has 7 heteroatoms. The third-order valence-corrected chi connectivity index (χ3v) is 3.98. The molecule has 0 spiro atoms. The van der Waals surface area contributed by atoms with E-state index in [0.29, 0.717) is 21.8 Å². The van der Waals surface area contributed by atoms with E-state index in [1.165, 1.54) is 29.1 Å². The van der Waals surface area contributed by atoms with Crippen LogP contribution < -0.4 is 10.9 Å². The summed E-state index contributed by atoms with van der Waals surface area (Å²) in [5.41, 5.74) is 1.32. The highest BCUT2D eigenvalue weighted by molar-refractivity contribution is 6.30. The van der Waals surface area contributed by atoms with Gasteiger partial charge in [-0.1, -0.05) is 17.7 Å². The second kappa shape index (κ2) is 7.93. The van der Waals surface area contributed by atoms with Crippen molar-refractivity contribution in [1.29, 1.82) is 0 Å². The number of aromatic nitrogens is 2. The topological polar surface area (TPSA) is 64.0 Å². The van der Waals surface area contributed by atoms with Crippen molar-refractivity contribution < 1.29 is 9.18 Å². The van der Waals surface area contributed by atoms with Crippen molar-refractivity contribution in [2.75, 3.05) is 6.54 Å². The first-order valence-electron chi connectivity index (χ1n) is 7.89. The van der Waals surface area contributed by atoms with Gasteiger partial charge >= 0.3 is 0 Å². The molecular formula is C19H15ClFN3O2. The molecule has 2 aromatic carbocycles. The molecule has 132 valence electrons. The van der Waals surface area contributed by atoms with Gasteiger partial charge in [0.2, 0.25) is 0 Å². The van der Waals surface area contributed by atoms with E-state index in [0.717, 1.165) is 0 Å². The lowest BCUT2D eigenvalue weighted by Crippen LogP contribution is -2.30. The Hall–Kier alpha value is -2.99. The molecule has 26 heavy (non-hydrogen) atoms. The average molecular weight is 372 g/mol. The Morgan fingerprint density at radius 2 is 1.92 bits per heavy atom. The van der Waals surface area contributed by atoms with E-state index in [2.05, 4.69) is 10.3 Å². The van der Waals surface area contributed by atoms with Crippen molar-refractivity contribution in [3.63, 3.8) is 0 Å². The van der Waals surface area contributed by atoms with Crippen LogP contribution in [0.5, 0.6) is 0 Å². The van der Waals surface area contributed by atoms with Gasteiger partial charge in [-0.3, -0.25) is 14.2 Å². The summed E-state index contributed by atoms with van der Waals surface area (Å²) in [5, 5.41) is 3.21. The number of halogens is 2. The molecule has 0 aliphatic carbocycles. The molecule has 3 aromatic rings. The molecule has 1 amide bonds. The Labute approximate surface area is 154 Å². The first-order chi connectivity index (χ1) is 12.5. The SMILES string of the molecule is O=C(NCCn1cnc(-c2ccc(F)cc2)cc1=O)c1cccc(Cl)c1. The normalized spacial score (nSPS) is 10.5. The summed E-state index contributed by atoms with van der Waals surface area (Å²) in [5.74, 6) is -0.617. The van der Waals surface area contributed by atoms with Crippen LogP contribution in [0.1, 0.15) is 10.4 Å². The third-order valence-electron chi connectivity index (χ3n) is 3.74. The van der Waals surface area contributed by atoms with Gasteiger partial charge in [0.25, 0.3) is 11.5 Å². The predicted molar refractivity (Wildman–Crippen MR) is 97.7 cm³/mol.